The Bertz CT molecular complexity index is 1230. The van der Waals surface area contributed by atoms with Gasteiger partial charge in [-0.1, -0.05) is 43.3 Å². The van der Waals surface area contributed by atoms with E-state index in [9.17, 15) is 22.8 Å². The van der Waals surface area contributed by atoms with Crippen molar-refractivity contribution >= 4 is 33.6 Å². The van der Waals surface area contributed by atoms with Crippen LogP contribution < -0.4 is 10.6 Å². The number of amides is 4. The SMILES string of the molecule is CCN1CCN(S(=O)(=O)c2cccc(NC(=O)CN3C(=O)NC(C)(c4ccccc4)C3=O)c2)CC1. The Balaban J connectivity index is 1.43. The van der Waals surface area contributed by atoms with Crippen molar-refractivity contribution < 1.29 is 22.8 Å². The third kappa shape index (κ3) is 4.93. The smallest absolute Gasteiger partial charge is 0.324 e. The number of benzene rings is 2. The molecule has 2 aromatic rings. The summed E-state index contributed by atoms with van der Waals surface area (Å²) in [5.41, 5.74) is -0.394. The van der Waals surface area contributed by atoms with E-state index >= 15 is 0 Å². The van der Waals surface area contributed by atoms with Crippen LogP contribution in [-0.4, -0.2) is 79.6 Å². The van der Waals surface area contributed by atoms with Crippen LogP contribution in [0.3, 0.4) is 0 Å². The number of urea groups is 1. The summed E-state index contributed by atoms with van der Waals surface area (Å²) in [4.78, 5) is 41.3. The van der Waals surface area contributed by atoms with E-state index in [0.717, 1.165) is 11.4 Å². The number of nitrogens with one attached hydrogen (secondary N) is 2. The zero-order valence-electron chi connectivity index (χ0n) is 19.7. The first kappa shape index (κ1) is 24.8. The molecule has 35 heavy (non-hydrogen) atoms. The number of piperazine rings is 1. The monoisotopic (exact) mass is 499 g/mol. The van der Waals surface area contributed by atoms with Crippen molar-refractivity contribution in [3.05, 3.63) is 60.2 Å². The number of imide groups is 1. The molecule has 4 rings (SSSR count). The van der Waals surface area contributed by atoms with Crippen LogP contribution in [0.5, 0.6) is 0 Å². The van der Waals surface area contributed by atoms with Gasteiger partial charge >= 0.3 is 6.03 Å². The Morgan fingerprint density at radius 3 is 2.37 bits per heavy atom. The first-order valence-corrected chi connectivity index (χ1v) is 12.9. The van der Waals surface area contributed by atoms with E-state index in [-0.39, 0.29) is 10.6 Å². The van der Waals surface area contributed by atoms with Gasteiger partial charge in [0.25, 0.3) is 5.91 Å². The number of sulfonamides is 1. The molecule has 0 saturated carbocycles. The van der Waals surface area contributed by atoms with Gasteiger partial charge in [0.05, 0.1) is 4.90 Å². The molecule has 0 aliphatic carbocycles. The average molecular weight is 500 g/mol. The molecule has 2 aliphatic heterocycles. The largest absolute Gasteiger partial charge is 0.325 e. The van der Waals surface area contributed by atoms with Crippen molar-refractivity contribution in [2.75, 3.05) is 44.6 Å². The van der Waals surface area contributed by atoms with Crippen LogP contribution in [-0.2, 0) is 25.2 Å². The van der Waals surface area contributed by atoms with Gasteiger partial charge in [-0.05, 0) is 37.2 Å². The highest BCUT2D eigenvalue weighted by Crippen LogP contribution is 2.28. The fraction of sp³-hybridized carbons (Fsp3) is 0.375. The normalized spacial score (nSPS) is 21.7. The van der Waals surface area contributed by atoms with Crippen LogP contribution in [0.4, 0.5) is 10.5 Å². The molecule has 0 aromatic heterocycles. The summed E-state index contributed by atoms with van der Waals surface area (Å²) in [5, 5.41) is 5.26. The Kier molecular flexibility index (Phi) is 6.93. The van der Waals surface area contributed by atoms with Crippen LogP contribution in [0.25, 0.3) is 0 Å². The molecule has 186 valence electrons. The minimum atomic E-state index is -3.71. The lowest BCUT2D eigenvalue weighted by Gasteiger charge is -2.33. The number of rotatable bonds is 7. The highest BCUT2D eigenvalue weighted by atomic mass is 32.2. The Morgan fingerprint density at radius 2 is 1.71 bits per heavy atom. The van der Waals surface area contributed by atoms with Crippen LogP contribution >= 0.6 is 0 Å². The summed E-state index contributed by atoms with van der Waals surface area (Å²) in [6.07, 6.45) is 0. The molecule has 0 bridgehead atoms. The van der Waals surface area contributed by atoms with E-state index in [1.807, 2.05) is 6.92 Å². The number of carbonyl (C=O) groups is 3. The first-order valence-electron chi connectivity index (χ1n) is 11.5. The molecule has 1 atom stereocenters. The van der Waals surface area contributed by atoms with Crippen LogP contribution in [0, 0.1) is 0 Å². The molecule has 4 amide bonds. The lowest BCUT2D eigenvalue weighted by atomic mass is 9.92. The fourth-order valence-electron chi connectivity index (χ4n) is 4.32. The van der Waals surface area contributed by atoms with Crippen LogP contribution in [0.1, 0.15) is 19.4 Å². The minimum absolute atomic E-state index is 0.0758. The topological polar surface area (TPSA) is 119 Å². The maximum Gasteiger partial charge on any atom is 0.325 e. The highest BCUT2D eigenvalue weighted by Gasteiger charge is 2.49. The number of hydrogen-bond donors (Lipinski definition) is 2. The average Bonchev–Trinajstić information content (AvgIpc) is 3.08. The van der Waals surface area contributed by atoms with E-state index in [4.69, 9.17) is 0 Å². The van der Waals surface area contributed by atoms with Gasteiger partial charge in [0.2, 0.25) is 15.9 Å². The molecular weight excluding hydrogens is 470 g/mol. The molecule has 2 saturated heterocycles. The van der Waals surface area contributed by atoms with Crippen molar-refractivity contribution in [2.45, 2.75) is 24.3 Å². The summed E-state index contributed by atoms with van der Waals surface area (Å²) < 4.78 is 27.6. The summed E-state index contributed by atoms with van der Waals surface area (Å²) >= 11 is 0. The van der Waals surface area contributed by atoms with Gasteiger partial charge in [0.15, 0.2) is 0 Å². The predicted octanol–water partition coefficient (Wildman–Crippen LogP) is 1.42. The van der Waals surface area contributed by atoms with Crippen molar-refractivity contribution in [2.24, 2.45) is 0 Å². The molecule has 0 radical (unpaired) electrons. The van der Waals surface area contributed by atoms with E-state index in [2.05, 4.69) is 15.5 Å². The maximum atomic E-state index is 13.1. The number of hydrogen-bond acceptors (Lipinski definition) is 6. The molecule has 10 nitrogen and oxygen atoms in total. The second-order valence-corrected chi connectivity index (χ2v) is 10.7. The molecule has 2 fully saturated rings. The number of nitrogens with zero attached hydrogens (tertiary/aromatic N) is 3. The fourth-order valence-corrected chi connectivity index (χ4v) is 5.79. The van der Waals surface area contributed by atoms with Crippen molar-refractivity contribution in [3.63, 3.8) is 0 Å². The summed E-state index contributed by atoms with van der Waals surface area (Å²) in [5.74, 6) is -1.15. The maximum absolute atomic E-state index is 13.1. The van der Waals surface area contributed by atoms with E-state index in [0.29, 0.717) is 31.7 Å². The second kappa shape index (κ2) is 9.76. The molecule has 2 N–H and O–H groups in total. The van der Waals surface area contributed by atoms with Gasteiger partial charge in [-0.15, -0.1) is 0 Å². The van der Waals surface area contributed by atoms with Gasteiger partial charge in [-0.2, -0.15) is 4.31 Å². The molecule has 11 heteroatoms. The van der Waals surface area contributed by atoms with Crippen LogP contribution in [0.15, 0.2) is 59.5 Å². The number of carbonyl (C=O) groups excluding carboxylic acids is 3. The van der Waals surface area contributed by atoms with Gasteiger partial charge in [0.1, 0.15) is 12.1 Å². The van der Waals surface area contributed by atoms with Crippen molar-refractivity contribution in [3.8, 4) is 0 Å². The Morgan fingerprint density at radius 1 is 1.03 bits per heavy atom. The lowest BCUT2D eigenvalue weighted by Crippen LogP contribution is -2.48. The summed E-state index contributed by atoms with van der Waals surface area (Å²) in [6, 6.07) is 14.1. The van der Waals surface area contributed by atoms with E-state index in [1.54, 1.807) is 49.4 Å². The van der Waals surface area contributed by atoms with Gasteiger partial charge < -0.3 is 15.5 Å². The van der Waals surface area contributed by atoms with Gasteiger partial charge in [-0.25, -0.2) is 13.2 Å². The lowest BCUT2D eigenvalue weighted by molar-refractivity contribution is -0.133. The Hall–Kier alpha value is -3.28. The molecule has 1 unspecified atom stereocenters. The highest BCUT2D eigenvalue weighted by molar-refractivity contribution is 7.89. The number of likely N-dealkylation sites (N-methyl/N-ethyl adjacent to an activating group) is 1. The molecule has 2 aliphatic rings. The summed E-state index contributed by atoms with van der Waals surface area (Å²) in [6.45, 7) is 6.14. The second-order valence-electron chi connectivity index (χ2n) is 8.73. The molecular formula is C24H29N5O5S. The zero-order valence-corrected chi connectivity index (χ0v) is 20.5. The predicted molar refractivity (Wildman–Crippen MR) is 130 cm³/mol. The van der Waals surface area contributed by atoms with Crippen molar-refractivity contribution in [1.82, 2.24) is 19.4 Å². The minimum Gasteiger partial charge on any atom is -0.324 e. The van der Waals surface area contributed by atoms with Crippen LogP contribution in [0.2, 0.25) is 0 Å². The quantitative estimate of drug-likeness (QED) is 0.556. The summed E-state index contributed by atoms with van der Waals surface area (Å²) in [7, 11) is -3.71. The molecule has 2 heterocycles. The van der Waals surface area contributed by atoms with Gasteiger partial charge in [-0.3, -0.25) is 14.5 Å². The molecule has 0 spiro atoms. The first-order chi connectivity index (χ1) is 16.6. The zero-order chi connectivity index (χ0) is 25.2. The standard InChI is InChI=1S/C24H29N5O5S/c1-3-27-12-14-28(15-13-27)35(33,34)20-11-7-10-19(16-20)25-21(30)17-29-22(31)24(2,26-23(29)32)18-8-5-4-6-9-18/h4-11,16H,3,12-15,17H2,1-2H3,(H,25,30)(H,26,32). The van der Waals surface area contributed by atoms with E-state index < -0.39 is 40.0 Å². The Labute approximate surface area is 204 Å². The van der Waals surface area contributed by atoms with E-state index in [1.165, 1.54) is 16.4 Å². The molecule has 2 aromatic carbocycles. The van der Waals surface area contributed by atoms with Gasteiger partial charge in [0, 0.05) is 31.9 Å². The third-order valence-corrected chi connectivity index (χ3v) is 8.36. The number of anilines is 1. The van der Waals surface area contributed by atoms with Crippen molar-refractivity contribution in [1.29, 1.82) is 0 Å². The third-order valence-electron chi connectivity index (χ3n) is 6.46.